The summed E-state index contributed by atoms with van der Waals surface area (Å²) in [5, 5.41) is 5.72. The fourth-order valence-electron chi connectivity index (χ4n) is 3.82. The van der Waals surface area contributed by atoms with E-state index in [1.165, 1.54) is 46.4 Å². The zero-order chi connectivity index (χ0) is 13.7. The summed E-state index contributed by atoms with van der Waals surface area (Å²) in [6.45, 7) is 4.62. The van der Waals surface area contributed by atoms with Crippen LogP contribution in [0.2, 0.25) is 0 Å². The lowest BCUT2D eigenvalue weighted by Gasteiger charge is -2.23. The number of fused-ring (bicyclic) bond motifs is 5. The normalized spacial score (nSPS) is 18.4. The second kappa shape index (κ2) is 4.34. The molecule has 0 nitrogen and oxygen atoms in total. The Morgan fingerprint density at radius 1 is 0.900 bits per heavy atom. The first-order valence-corrected chi connectivity index (χ1v) is 7.67. The molecule has 0 spiro atoms. The maximum Gasteiger partial charge on any atom is -0.0102 e. The third kappa shape index (κ3) is 1.67. The van der Waals surface area contributed by atoms with Gasteiger partial charge >= 0.3 is 0 Å². The Morgan fingerprint density at radius 2 is 1.65 bits per heavy atom. The molecule has 0 amide bonds. The highest BCUT2D eigenvalue weighted by molar-refractivity contribution is 6.10. The summed E-state index contributed by atoms with van der Waals surface area (Å²) in [4.78, 5) is 0. The predicted molar refractivity (Wildman–Crippen MR) is 87.4 cm³/mol. The van der Waals surface area contributed by atoms with Gasteiger partial charge in [0.15, 0.2) is 0 Å². The lowest BCUT2D eigenvalue weighted by molar-refractivity contribution is 0.503. The van der Waals surface area contributed by atoms with Crippen molar-refractivity contribution < 1.29 is 0 Å². The van der Waals surface area contributed by atoms with E-state index in [9.17, 15) is 0 Å². The molecule has 0 saturated carbocycles. The zero-order valence-corrected chi connectivity index (χ0v) is 12.2. The topological polar surface area (TPSA) is 0 Å². The highest BCUT2D eigenvalue weighted by atomic mass is 14.2. The maximum absolute atomic E-state index is 2.41. The fraction of sp³-hybridized carbons (Fsp3) is 0.300. The Kier molecular flexibility index (Phi) is 2.60. The summed E-state index contributed by atoms with van der Waals surface area (Å²) >= 11 is 0. The second-order valence-corrected chi connectivity index (χ2v) is 6.39. The average Bonchev–Trinajstić information content (AvgIpc) is 2.47. The minimum Gasteiger partial charge on any atom is -0.0622 e. The molecule has 0 bridgehead atoms. The van der Waals surface area contributed by atoms with Gasteiger partial charge in [0, 0.05) is 0 Å². The largest absolute Gasteiger partial charge is 0.0622 e. The molecule has 0 heterocycles. The van der Waals surface area contributed by atoms with Gasteiger partial charge in [0.25, 0.3) is 0 Å². The molecule has 0 heteroatoms. The lowest BCUT2D eigenvalue weighted by Crippen LogP contribution is -2.11. The molecule has 1 aliphatic rings. The van der Waals surface area contributed by atoms with Crippen molar-refractivity contribution in [2.75, 3.05) is 0 Å². The number of hydrogen-bond acceptors (Lipinski definition) is 0. The average molecular weight is 260 g/mol. The van der Waals surface area contributed by atoms with Gasteiger partial charge in [-0.1, -0.05) is 49.4 Å². The quantitative estimate of drug-likeness (QED) is 0.473. The molecule has 0 radical (unpaired) electrons. The molecule has 0 aromatic heterocycles. The molecule has 20 heavy (non-hydrogen) atoms. The van der Waals surface area contributed by atoms with Crippen molar-refractivity contribution in [2.45, 2.75) is 33.1 Å². The van der Waals surface area contributed by atoms with Crippen LogP contribution in [0.5, 0.6) is 0 Å². The van der Waals surface area contributed by atoms with Crippen LogP contribution in [0.1, 0.15) is 30.0 Å². The third-order valence-electron chi connectivity index (χ3n) is 4.91. The molecule has 0 aliphatic heterocycles. The van der Waals surface area contributed by atoms with E-state index >= 15 is 0 Å². The first-order chi connectivity index (χ1) is 9.74. The molecule has 3 aromatic carbocycles. The summed E-state index contributed by atoms with van der Waals surface area (Å²) < 4.78 is 0. The molecule has 1 atom stereocenters. The first-order valence-electron chi connectivity index (χ1n) is 7.67. The van der Waals surface area contributed by atoms with Crippen LogP contribution >= 0.6 is 0 Å². The molecule has 0 N–H and O–H groups in total. The Labute approximate surface area is 120 Å². The standard InChI is InChI=1S/C20H20/c1-13-7-9-17-15(11-13)8-10-19-18-6-4-3-5-16(18)14(2)12-20(17)19/h3-6,8,10,12-13H,7,9,11H2,1-2H3. The van der Waals surface area contributed by atoms with Gasteiger partial charge in [0.2, 0.25) is 0 Å². The van der Waals surface area contributed by atoms with Crippen LogP contribution in [0.3, 0.4) is 0 Å². The van der Waals surface area contributed by atoms with Gasteiger partial charge in [-0.15, -0.1) is 0 Å². The monoisotopic (exact) mass is 260 g/mol. The van der Waals surface area contributed by atoms with Crippen LogP contribution in [0.15, 0.2) is 42.5 Å². The van der Waals surface area contributed by atoms with E-state index in [0.717, 1.165) is 5.92 Å². The lowest BCUT2D eigenvalue weighted by atomic mass is 9.81. The molecule has 1 aliphatic carbocycles. The van der Waals surface area contributed by atoms with Gasteiger partial charge < -0.3 is 0 Å². The molecular formula is C20H20. The van der Waals surface area contributed by atoms with E-state index in [0.29, 0.717) is 0 Å². The van der Waals surface area contributed by atoms with Crippen molar-refractivity contribution >= 4 is 21.5 Å². The first kappa shape index (κ1) is 12.0. The van der Waals surface area contributed by atoms with Crippen molar-refractivity contribution in [3.05, 3.63) is 59.2 Å². The van der Waals surface area contributed by atoms with Crippen LogP contribution in [0, 0.1) is 12.8 Å². The highest BCUT2D eigenvalue weighted by Gasteiger charge is 2.18. The minimum absolute atomic E-state index is 0.835. The van der Waals surface area contributed by atoms with Gasteiger partial charge in [0.05, 0.1) is 0 Å². The van der Waals surface area contributed by atoms with E-state index < -0.39 is 0 Å². The molecular weight excluding hydrogens is 240 g/mol. The predicted octanol–water partition coefficient (Wildman–Crippen LogP) is 5.43. The summed E-state index contributed by atoms with van der Waals surface area (Å²) in [6.07, 6.45) is 3.82. The molecule has 100 valence electrons. The zero-order valence-electron chi connectivity index (χ0n) is 12.2. The van der Waals surface area contributed by atoms with Gasteiger partial charge in [0.1, 0.15) is 0 Å². The van der Waals surface area contributed by atoms with Gasteiger partial charge in [-0.05, 0) is 70.3 Å². The minimum atomic E-state index is 0.835. The van der Waals surface area contributed by atoms with Crippen molar-refractivity contribution in [1.82, 2.24) is 0 Å². The second-order valence-electron chi connectivity index (χ2n) is 6.39. The smallest absolute Gasteiger partial charge is 0.0102 e. The van der Waals surface area contributed by atoms with Crippen molar-refractivity contribution in [3.8, 4) is 0 Å². The Bertz CT molecular complexity index is 811. The summed E-state index contributed by atoms with van der Waals surface area (Å²) in [5.41, 5.74) is 4.58. The van der Waals surface area contributed by atoms with Crippen molar-refractivity contribution in [1.29, 1.82) is 0 Å². The van der Waals surface area contributed by atoms with Crippen LogP contribution < -0.4 is 0 Å². The van der Waals surface area contributed by atoms with E-state index in [2.05, 4.69) is 56.3 Å². The molecule has 1 unspecified atom stereocenters. The number of aryl methyl sites for hydroxylation is 2. The Hall–Kier alpha value is -1.82. The fourth-order valence-corrected chi connectivity index (χ4v) is 3.82. The molecule has 0 fully saturated rings. The SMILES string of the molecule is Cc1cc2c3c(ccc2c2ccccc12)CC(C)CC3. The van der Waals surface area contributed by atoms with E-state index in [-0.39, 0.29) is 0 Å². The van der Waals surface area contributed by atoms with Crippen LogP contribution in [0.25, 0.3) is 21.5 Å². The molecule has 3 aromatic rings. The van der Waals surface area contributed by atoms with Gasteiger partial charge in [-0.3, -0.25) is 0 Å². The van der Waals surface area contributed by atoms with E-state index in [4.69, 9.17) is 0 Å². The van der Waals surface area contributed by atoms with Crippen LogP contribution in [-0.4, -0.2) is 0 Å². The summed E-state index contributed by atoms with van der Waals surface area (Å²) in [7, 11) is 0. The van der Waals surface area contributed by atoms with Crippen molar-refractivity contribution in [2.24, 2.45) is 5.92 Å². The summed E-state index contributed by atoms with van der Waals surface area (Å²) in [5.74, 6) is 0.835. The number of rotatable bonds is 0. The Morgan fingerprint density at radius 3 is 2.50 bits per heavy atom. The van der Waals surface area contributed by atoms with Crippen molar-refractivity contribution in [3.63, 3.8) is 0 Å². The third-order valence-corrected chi connectivity index (χ3v) is 4.91. The maximum atomic E-state index is 2.41. The van der Waals surface area contributed by atoms with Gasteiger partial charge in [-0.25, -0.2) is 0 Å². The number of hydrogen-bond donors (Lipinski definition) is 0. The Balaban J connectivity index is 2.12. The number of benzene rings is 3. The molecule has 4 rings (SSSR count). The van der Waals surface area contributed by atoms with Gasteiger partial charge in [-0.2, -0.15) is 0 Å². The summed E-state index contributed by atoms with van der Waals surface area (Å²) in [6, 6.07) is 15.9. The molecule has 0 saturated heterocycles. The highest BCUT2D eigenvalue weighted by Crippen LogP contribution is 2.35. The van der Waals surface area contributed by atoms with E-state index in [1.54, 1.807) is 11.1 Å². The van der Waals surface area contributed by atoms with Crippen LogP contribution in [-0.2, 0) is 12.8 Å². The van der Waals surface area contributed by atoms with Crippen LogP contribution in [0.4, 0.5) is 0 Å². The van der Waals surface area contributed by atoms with E-state index in [1.807, 2.05) is 0 Å².